The Labute approximate surface area is 178 Å². The number of aryl methyl sites for hydroxylation is 3. The fraction of sp³-hybridized carbons (Fsp3) is 0.474. The number of aromatic nitrogens is 2. The Morgan fingerprint density at radius 3 is 2.54 bits per heavy atom. The zero-order valence-corrected chi connectivity index (χ0v) is 19.7. The number of rotatable bonds is 6. The fourth-order valence-electron chi connectivity index (χ4n) is 2.88. The van der Waals surface area contributed by atoms with E-state index in [0.29, 0.717) is 0 Å². The second kappa shape index (κ2) is 10.8. The van der Waals surface area contributed by atoms with Crippen molar-refractivity contribution in [3.8, 4) is 0 Å². The van der Waals surface area contributed by atoms with E-state index in [0.717, 1.165) is 31.2 Å². The molecule has 0 aliphatic rings. The number of aliphatic imine (C=N–C) groups is 1. The minimum Gasteiger partial charge on any atom is -0.356 e. The van der Waals surface area contributed by atoms with Crippen LogP contribution < -0.4 is 10.6 Å². The molecule has 0 radical (unpaired) electrons. The first-order valence-corrected chi connectivity index (χ1v) is 9.75. The molecule has 7 heteroatoms. The van der Waals surface area contributed by atoms with E-state index in [2.05, 4.69) is 66.0 Å². The summed E-state index contributed by atoms with van der Waals surface area (Å²) in [6.45, 7) is 7.90. The van der Waals surface area contributed by atoms with Gasteiger partial charge in [-0.2, -0.15) is 5.10 Å². The SMILES string of the molecule is CN=C(NCCc1c(C)nn(C)c1C)NCc1ccc(C)cc1SC.I. The largest absolute Gasteiger partial charge is 0.356 e. The predicted molar refractivity (Wildman–Crippen MR) is 123 cm³/mol. The lowest BCUT2D eigenvalue weighted by molar-refractivity contribution is 0.728. The average Bonchev–Trinajstić information content (AvgIpc) is 2.84. The molecule has 5 nitrogen and oxygen atoms in total. The van der Waals surface area contributed by atoms with Crippen LogP contribution >= 0.6 is 35.7 Å². The summed E-state index contributed by atoms with van der Waals surface area (Å²) in [4.78, 5) is 5.63. The number of hydrogen-bond acceptors (Lipinski definition) is 3. The first-order chi connectivity index (χ1) is 12.0. The molecule has 0 amide bonds. The van der Waals surface area contributed by atoms with Crippen molar-refractivity contribution < 1.29 is 0 Å². The van der Waals surface area contributed by atoms with Gasteiger partial charge in [-0.1, -0.05) is 12.1 Å². The third-order valence-corrected chi connectivity index (χ3v) is 5.26. The van der Waals surface area contributed by atoms with E-state index in [4.69, 9.17) is 0 Å². The molecule has 0 saturated carbocycles. The molecule has 0 aliphatic carbocycles. The molecular formula is C19H30IN5S. The van der Waals surface area contributed by atoms with Crippen LogP contribution in [-0.4, -0.2) is 35.6 Å². The molecule has 2 aromatic rings. The summed E-state index contributed by atoms with van der Waals surface area (Å²) in [7, 11) is 3.80. The van der Waals surface area contributed by atoms with Gasteiger partial charge in [0.25, 0.3) is 0 Å². The summed E-state index contributed by atoms with van der Waals surface area (Å²) in [5, 5.41) is 11.3. The van der Waals surface area contributed by atoms with Crippen LogP contribution in [0.3, 0.4) is 0 Å². The van der Waals surface area contributed by atoms with Crippen LogP contribution in [0.2, 0.25) is 0 Å². The minimum atomic E-state index is 0. The van der Waals surface area contributed by atoms with Crippen molar-refractivity contribution in [1.82, 2.24) is 20.4 Å². The Bertz CT molecular complexity index is 755. The summed E-state index contributed by atoms with van der Waals surface area (Å²) < 4.78 is 1.94. The van der Waals surface area contributed by atoms with Gasteiger partial charge >= 0.3 is 0 Å². The number of nitrogens with zero attached hydrogens (tertiary/aromatic N) is 3. The smallest absolute Gasteiger partial charge is 0.191 e. The Hall–Kier alpha value is -1.22. The summed E-state index contributed by atoms with van der Waals surface area (Å²) in [5.74, 6) is 0.826. The van der Waals surface area contributed by atoms with Gasteiger partial charge in [-0.15, -0.1) is 35.7 Å². The minimum absolute atomic E-state index is 0. The predicted octanol–water partition coefficient (Wildman–Crippen LogP) is 3.59. The molecule has 1 heterocycles. The Balaban J connectivity index is 0.00000338. The third-order valence-electron chi connectivity index (χ3n) is 4.44. The molecule has 0 bridgehead atoms. The molecule has 0 saturated heterocycles. The van der Waals surface area contributed by atoms with Crippen molar-refractivity contribution in [3.05, 3.63) is 46.3 Å². The van der Waals surface area contributed by atoms with Gasteiger partial charge in [0.15, 0.2) is 5.96 Å². The van der Waals surface area contributed by atoms with Crippen molar-refractivity contribution in [2.24, 2.45) is 12.0 Å². The molecule has 2 rings (SSSR count). The van der Waals surface area contributed by atoms with E-state index in [1.165, 1.54) is 27.3 Å². The lowest BCUT2D eigenvalue weighted by atomic mass is 10.1. The highest BCUT2D eigenvalue weighted by Gasteiger charge is 2.09. The lowest BCUT2D eigenvalue weighted by Gasteiger charge is -2.14. The molecule has 0 atom stereocenters. The van der Waals surface area contributed by atoms with Crippen molar-refractivity contribution in [2.75, 3.05) is 19.8 Å². The molecular weight excluding hydrogens is 457 g/mol. The van der Waals surface area contributed by atoms with Gasteiger partial charge in [-0.05, 0) is 56.2 Å². The molecule has 1 aromatic heterocycles. The van der Waals surface area contributed by atoms with E-state index in [1.807, 2.05) is 11.7 Å². The van der Waals surface area contributed by atoms with E-state index >= 15 is 0 Å². The molecule has 0 spiro atoms. The summed E-state index contributed by atoms with van der Waals surface area (Å²) in [5.41, 5.74) is 6.23. The third kappa shape index (κ3) is 5.90. The van der Waals surface area contributed by atoms with Gasteiger partial charge < -0.3 is 10.6 Å². The number of benzene rings is 1. The normalized spacial score (nSPS) is 11.2. The Morgan fingerprint density at radius 2 is 1.96 bits per heavy atom. The van der Waals surface area contributed by atoms with Gasteiger partial charge in [0, 0.05) is 37.8 Å². The first kappa shape index (κ1) is 22.8. The van der Waals surface area contributed by atoms with Gasteiger partial charge in [-0.25, -0.2) is 0 Å². The van der Waals surface area contributed by atoms with Crippen LogP contribution in [0, 0.1) is 20.8 Å². The van der Waals surface area contributed by atoms with Gasteiger partial charge in [0.1, 0.15) is 0 Å². The number of hydrogen-bond donors (Lipinski definition) is 2. The Morgan fingerprint density at radius 1 is 1.23 bits per heavy atom. The number of guanidine groups is 1. The van der Waals surface area contributed by atoms with Crippen molar-refractivity contribution in [2.45, 2.75) is 38.6 Å². The van der Waals surface area contributed by atoms with Gasteiger partial charge in [-0.3, -0.25) is 9.67 Å². The molecule has 1 aromatic carbocycles. The highest BCUT2D eigenvalue weighted by molar-refractivity contribution is 14.0. The molecule has 0 fully saturated rings. The van der Waals surface area contributed by atoms with Crippen LogP contribution in [0.15, 0.2) is 28.1 Å². The average molecular weight is 487 g/mol. The molecule has 2 N–H and O–H groups in total. The van der Waals surface area contributed by atoms with Gasteiger partial charge in [0.2, 0.25) is 0 Å². The van der Waals surface area contributed by atoms with Crippen LogP contribution in [0.25, 0.3) is 0 Å². The standard InChI is InChI=1S/C19H29N5S.HI/c1-13-7-8-16(18(11-13)25-6)12-22-19(20-4)21-10-9-17-14(2)23-24(5)15(17)3;/h7-8,11H,9-10,12H2,1-6H3,(H2,20,21,22);1H. The molecule has 144 valence electrons. The second-order valence-electron chi connectivity index (χ2n) is 6.19. The van der Waals surface area contributed by atoms with E-state index < -0.39 is 0 Å². The number of nitrogens with one attached hydrogen (secondary N) is 2. The second-order valence-corrected chi connectivity index (χ2v) is 7.04. The van der Waals surface area contributed by atoms with Crippen LogP contribution in [0.4, 0.5) is 0 Å². The highest BCUT2D eigenvalue weighted by Crippen LogP contribution is 2.21. The quantitative estimate of drug-likeness (QED) is 0.283. The van der Waals surface area contributed by atoms with Crippen molar-refractivity contribution in [3.63, 3.8) is 0 Å². The molecule has 0 aliphatic heterocycles. The molecule has 0 unspecified atom stereocenters. The van der Waals surface area contributed by atoms with E-state index in [9.17, 15) is 0 Å². The first-order valence-electron chi connectivity index (χ1n) is 8.53. The Kier molecular flexibility index (Phi) is 9.49. The van der Waals surface area contributed by atoms with Crippen LogP contribution in [-0.2, 0) is 20.0 Å². The van der Waals surface area contributed by atoms with Crippen molar-refractivity contribution >= 4 is 41.7 Å². The van der Waals surface area contributed by atoms with Crippen molar-refractivity contribution in [1.29, 1.82) is 0 Å². The topological polar surface area (TPSA) is 54.2 Å². The maximum atomic E-state index is 4.47. The maximum absolute atomic E-state index is 4.47. The fourth-order valence-corrected chi connectivity index (χ4v) is 3.59. The molecule has 26 heavy (non-hydrogen) atoms. The number of halogens is 1. The lowest BCUT2D eigenvalue weighted by Crippen LogP contribution is -2.38. The summed E-state index contributed by atoms with van der Waals surface area (Å²) in [6.07, 6.45) is 3.05. The number of thioether (sulfide) groups is 1. The maximum Gasteiger partial charge on any atom is 0.191 e. The van der Waals surface area contributed by atoms with Crippen LogP contribution in [0.1, 0.15) is 28.1 Å². The van der Waals surface area contributed by atoms with E-state index in [1.54, 1.807) is 18.8 Å². The zero-order valence-electron chi connectivity index (χ0n) is 16.5. The summed E-state index contributed by atoms with van der Waals surface area (Å²) >= 11 is 1.78. The van der Waals surface area contributed by atoms with Gasteiger partial charge in [0.05, 0.1) is 5.69 Å². The zero-order chi connectivity index (χ0) is 18.4. The van der Waals surface area contributed by atoms with Crippen LogP contribution in [0.5, 0.6) is 0 Å². The van der Waals surface area contributed by atoms with E-state index in [-0.39, 0.29) is 24.0 Å². The monoisotopic (exact) mass is 487 g/mol. The summed E-state index contributed by atoms with van der Waals surface area (Å²) in [6, 6.07) is 6.57. The highest BCUT2D eigenvalue weighted by atomic mass is 127.